The Bertz CT molecular complexity index is 738. The first-order chi connectivity index (χ1) is 10.3. The van der Waals surface area contributed by atoms with Gasteiger partial charge in [-0.25, -0.2) is 0 Å². The number of aryl methyl sites for hydroxylation is 1. The Morgan fingerprint density at radius 1 is 1.24 bits per heavy atom. The lowest BCUT2D eigenvalue weighted by molar-refractivity contribution is 0.385. The van der Waals surface area contributed by atoms with Gasteiger partial charge in [-0.05, 0) is 30.2 Å². The van der Waals surface area contributed by atoms with Crippen LogP contribution in [0, 0.1) is 6.92 Å². The van der Waals surface area contributed by atoms with Crippen LogP contribution in [0.5, 0.6) is 5.75 Å². The van der Waals surface area contributed by atoms with Gasteiger partial charge < -0.3 is 9.26 Å². The summed E-state index contributed by atoms with van der Waals surface area (Å²) in [6.07, 6.45) is 4.10. The molecule has 106 valence electrons. The molecule has 2 heterocycles. The molecule has 0 radical (unpaired) electrons. The standard InChI is InChI=1S/C16H15N3O2/c1-11-5-6-13(9-14(11)20-2)16-18-15(21-19-16)8-12-4-3-7-17-10-12/h3-7,9-10H,8H2,1-2H3. The minimum atomic E-state index is 0.562. The summed E-state index contributed by atoms with van der Waals surface area (Å²) in [6, 6.07) is 9.71. The lowest BCUT2D eigenvalue weighted by atomic mass is 10.1. The lowest BCUT2D eigenvalue weighted by Gasteiger charge is -2.04. The molecule has 0 spiro atoms. The largest absolute Gasteiger partial charge is 0.496 e. The number of pyridine rings is 1. The van der Waals surface area contributed by atoms with Gasteiger partial charge in [0.25, 0.3) is 0 Å². The van der Waals surface area contributed by atoms with Crippen molar-refractivity contribution in [3.63, 3.8) is 0 Å². The monoisotopic (exact) mass is 281 g/mol. The molecule has 0 saturated heterocycles. The summed E-state index contributed by atoms with van der Waals surface area (Å²) in [5.41, 5.74) is 2.98. The van der Waals surface area contributed by atoms with Crippen LogP contribution in [0.3, 0.4) is 0 Å². The average Bonchev–Trinajstić information content (AvgIpc) is 2.97. The van der Waals surface area contributed by atoms with Gasteiger partial charge in [0, 0.05) is 18.0 Å². The van der Waals surface area contributed by atoms with Crippen LogP contribution in [-0.2, 0) is 6.42 Å². The zero-order chi connectivity index (χ0) is 14.7. The van der Waals surface area contributed by atoms with Crippen molar-refractivity contribution in [2.75, 3.05) is 7.11 Å². The molecule has 21 heavy (non-hydrogen) atoms. The highest BCUT2D eigenvalue weighted by molar-refractivity contribution is 5.58. The molecule has 0 aliphatic rings. The molecule has 0 saturated carbocycles. The van der Waals surface area contributed by atoms with E-state index in [-0.39, 0.29) is 0 Å². The molecule has 0 unspecified atom stereocenters. The third-order valence-electron chi connectivity index (χ3n) is 3.21. The second kappa shape index (κ2) is 5.75. The number of ether oxygens (including phenoxy) is 1. The Morgan fingerprint density at radius 2 is 2.14 bits per heavy atom. The second-order valence-corrected chi connectivity index (χ2v) is 4.73. The van der Waals surface area contributed by atoms with Gasteiger partial charge in [-0.2, -0.15) is 4.98 Å². The minimum absolute atomic E-state index is 0.562. The molecule has 0 atom stereocenters. The molecule has 0 amide bonds. The first-order valence-electron chi connectivity index (χ1n) is 6.63. The first kappa shape index (κ1) is 13.3. The van der Waals surface area contributed by atoms with Gasteiger partial charge in [0.15, 0.2) is 0 Å². The normalized spacial score (nSPS) is 10.6. The molecule has 3 rings (SSSR count). The highest BCUT2D eigenvalue weighted by atomic mass is 16.5. The fourth-order valence-electron chi connectivity index (χ4n) is 2.08. The van der Waals surface area contributed by atoms with Crippen molar-refractivity contribution >= 4 is 0 Å². The fourth-order valence-corrected chi connectivity index (χ4v) is 2.08. The molecule has 0 fully saturated rings. The van der Waals surface area contributed by atoms with Gasteiger partial charge in [0.1, 0.15) is 5.75 Å². The Kier molecular flexibility index (Phi) is 3.64. The summed E-state index contributed by atoms with van der Waals surface area (Å²) in [7, 11) is 1.65. The van der Waals surface area contributed by atoms with Crippen LogP contribution in [0.25, 0.3) is 11.4 Å². The van der Waals surface area contributed by atoms with Crippen molar-refractivity contribution in [3.05, 3.63) is 59.7 Å². The number of benzene rings is 1. The van der Waals surface area contributed by atoms with E-state index < -0.39 is 0 Å². The van der Waals surface area contributed by atoms with Crippen LogP contribution in [0.4, 0.5) is 0 Å². The zero-order valence-corrected chi connectivity index (χ0v) is 11.9. The summed E-state index contributed by atoms with van der Waals surface area (Å²) in [5.74, 6) is 1.94. The van der Waals surface area contributed by atoms with Gasteiger partial charge in [-0.15, -0.1) is 0 Å². The highest BCUT2D eigenvalue weighted by Crippen LogP contribution is 2.25. The van der Waals surface area contributed by atoms with Crippen LogP contribution in [-0.4, -0.2) is 22.2 Å². The molecule has 3 aromatic rings. The molecular weight excluding hydrogens is 266 g/mol. The van der Waals surface area contributed by atoms with Gasteiger partial charge in [-0.1, -0.05) is 23.4 Å². The third kappa shape index (κ3) is 2.91. The van der Waals surface area contributed by atoms with E-state index in [0.717, 1.165) is 22.4 Å². The van der Waals surface area contributed by atoms with Crippen LogP contribution >= 0.6 is 0 Å². The number of methoxy groups -OCH3 is 1. The minimum Gasteiger partial charge on any atom is -0.496 e. The zero-order valence-electron chi connectivity index (χ0n) is 11.9. The van der Waals surface area contributed by atoms with Crippen molar-refractivity contribution in [3.8, 4) is 17.1 Å². The van der Waals surface area contributed by atoms with E-state index in [1.165, 1.54) is 0 Å². The van der Waals surface area contributed by atoms with Crippen molar-refractivity contribution in [1.82, 2.24) is 15.1 Å². The average molecular weight is 281 g/mol. The predicted octanol–water partition coefficient (Wildman–Crippen LogP) is 3.04. The lowest BCUT2D eigenvalue weighted by Crippen LogP contribution is -1.90. The summed E-state index contributed by atoms with van der Waals surface area (Å²) in [4.78, 5) is 8.49. The van der Waals surface area contributed by atoms with E-state index >= 15 is 0 Å². The van der Waals surface area contributed by atoms with E-state index in [2.05, 4.69) is 15.1 Å². The van der Waals surface area contributed by atoms with E-state index in [9.17, 15) is 0 Å². The van der Waals surface area contributed by atoms with Crippen molar-refractivity contribution in [1.29, 1.82) is 0 Å². The van der Waals surface area contributed by atoms with Crippen LogP contribution in [0.1, 0.15) is 17.0 Å². The first-order valence-corrected chi connectivity index (χ1v) is 6.63. The highest BCUT2D eigenvalue weighted by Gasteiger charge is 2.11. The molecule has 1 aromatic carbocycles. The Hall–Kier alpha value is -2.69. The van der Waals surface area contributed by atoms with E-state index in [1.54, 1.807) is 19.5 Å². The molecule has 5 heteroatoms. The van der Waals surface area contributed by atoms with Crippen LogP contribution in [0.2, 0.25) is 0 Å². The SMILES string of the molecule is COc1cc(-c2noc(Cc3cccnc3)n2)ccc1C. The van der Waals surface area contributed by atoms with Crippen molar-refractivity contribution in [2.24, 2.45) is 0 Å². The van der Waals surface area contributed by atoms with Crippen molar-refractivity contribution in [2.45, 2.75) is 13.3 Å². The summed E-state index contributed by atoms with van der Waals surface area (Å²) in [6.45, 7) is 1.99. The molecule has 0 N–H and O–H groups in total. The third-order valence-corrected chi connectivity index (χ3v) is 3.21. The van der Waals surface area contributed by atoms with Gasteiger partial charge in [0.2, 0.25) is 11.7 Å². The maximum absolute atomic E-state index is 5.32. The number of aromatic nitrogens is 3. The van der Waals surface area contributed by atoms with Crippen molar-refractivity contribution < 1.29 is 9.26 Å². The van der Waals surface area contributed by atoms with Gasteiger partial charge >= 0.3 is 0 Å². The van der Waals surface area contributed by atoms with Gasteiger partial charge in [0.05, 0.1) is 13.5 Å². The molecule has 0 aliphatic carbocycles. The van der Waals surface area contributed by atoms with Crippen LogP contribution < -0.4 is 4.74 Å². The summed E-state index contributed by atoms with van der Waals surface area (Å²) < 4.78 is 10.6. The Balaban J connectivity index is 1.85. The predicted molar refractivity (Wildman–Crippen MR) is 78.1 cm³/mol. The van der Waals surface area contributed by atoms with Gasteiger partial charge in [-0.3, -0.25) is 4.98 Å². The summed E-state index contributed by atoms with van der Waals surface area (Å²) >= 11 is 0. The molecule has 2 aromatic heterocycles. The number of hydrogen-bond acceptors (Lipinski definition) is 5. The molecule has 0 aliphatic heterocycles. The summed E-state index contributed by atoms with van der Waals surface area (Å²) in [5, 5.41) is 4.03. The smallest absolute Gasteiger partial charge is 0.231 e. The quantitative estimate of drug-likeness (QED) is 0.735. The van der Waals surface area contributed by atoms with E-state index in [4.69, 9.17) is 9.26 Å². The molecule has 0 bridgehead atoms. The Morgan fingerprint density at radius 3 is 2.90 bits per heavy atom. The number of rotatable bonds is 4. The molecular formula is C16H15N3O2. The Labute approximate surface area is 122 Å². The maximum Gasteiger partial charge on any atom is 0.231 e. The second-order valence-electron chi connectivity index (χ2n) is 4.73. The van der Waals surface area contributed by atoms with E-state index in [1.807, 2.05) is 37.3 Å². The number of nitrogens with zero attached hydrogens (tertiary/aromatic N) is 3. The fraction of sp³-hybridized carbons (Fsp3) is 0.188. The topological polar surface area (TPSA) is 61.0 Å². The maximum atomic E-state index is 5.32. The number of hydrogen-bond donors (Lipinski definition) is 0. The molecule has 5 nitrogen and oxygen atoms in total. The van der Waals surface area contributed by atoms with E-state index in [0.29, 0.717) is 18.1 Å². The van der Waals surface area contributed by atoms with Crippen LogP contribution in [0.15, 0.2) is 47.2 Å².